The zero-order valence-corrected chi connectivity index (χ0v) is 12.2. The van der Waals surface area contributed by atoms with Gasteiger partial charge in [-0.2, -0.15) is 12.7 Å². The van der Waals surface area contributed by atoms with Crippen LogP contribution >= 0.6 is 0 Å². The Morgan fingerprint density at radius 1 is 1.16 bits per heavy atom. The molecule has 1 rings (SSSR count). The summed E-state index contributed by atoms with van der Waals surface area (Å²) < 4.78 is 26.8. The Labute approximate surface area is 113 Å². The van der Waals surface area contributed by atoms with Gasteiger partial charge in [-0.05, 0) is 38.1 Å². The van der Waals surface area contributed by atoms with E-state index in [-0.39, 0.29) is 11.6 Å². The normalized spacial score (nSPS) is 11.9. The number of carboxylic acid groups (broad SMARTS) is 1. The van der Waals surface area contributed by atoms with E-state index in [1.54, 1.807) is 13.8 Å². The monoisotopic (exact) mass is 286 g/mol. The molecule has 1 N–H and O–H groups in total. The average molecular weight is 286 g/mol. The van der Waals surface area contributed by atoms with Gasteiger partial charge in [0.15, 0.2) is 0 Å². The molecule has 7 heteroatoms. The molecule has 0 aliphatic heterocycles. The van der Waals surface area contributed by atoms with Crippen LogP contribution in [0.2, 0.25) is 0 Å². The van der Waals surface area contributed by atoms with Gasteiger partial charge in [0.1, 0.15) is 0 Å². The summed E-state index contributed by atoms with van der Waals surface area (Å²) in [6, 6.07) is 5.52. The van der Waals surface area contributed by atoms with Crippen LogP contribution in [-0.4, -0.2) is 43.9 Å². The largest absolute Gasteiger partial charge is 0.478 e. The summed E-state index contributed by atoms with van der Waals surface area (Å²) in [4.78, 5) is 10.7. The molecule has 0 aromatic heterocycles. The van der Waals surface area contributed by atoms with Crippen molar-refractivity contribution in [3.63, 3.8) is 0 Å². The van der Waals surface area contributed by atoms with E-state index in [1.807, 2.05) is 0 Å². The number of hydrogen-bond acceptors (Lipinski definition) is 3. The zero-order chi connectivity index (χ0) is 14.8. The summed E-state index contributed by atoms with van der Waals surface area (Å²) in [5.74, 6) is -1.05. The predicted molar refractivity (Wildman–Crippen MR) is 73.6 cm³/mol. The molecular weight excluding hydrogens is 268 g/mol. The van der Waals surface area contributed by atoms with Crippen molar-refractivity contribution < 1.29 is 18.3 Å². The van der Waals surface area contributed by atoms with E-state index in [4.69, 9.17) is 5.11 Å². The van der Waals surface area contributed by atoms with Crippen molar-refractivity contribution in [3.8, 4) is 0 Å². The maximum atomic E-state index is 12.2. The van der Waals surface area contributed by atoms with E-state index in [1.165, 1.54) is 42.7 Å². The Morgan fingerprint density at radius 3 is 2.00 bits per heavy atom. The molecule has 106 valence electrons. The summed E-state index contributed by atoms with van der Waals surface area (Å²) in [5, 5.41) is 8.80. The van der Waals surface area contributed by atoms with E-state index in [0.29, 0.717) is 5.69 Å². The van der Waals surface area contributed by atoms with Gasteiger partial charge >= 0.3 is 16.2 Å². The molecule has 19 heavy (non-hydrogen) atoms. The van der Waals surface area contributed by atoms with Crippen molar-refractivity contribution in [3.05, 3.63) is 29.8 Å². The lowest BCUT2D eigenvalue weighted by Crippen LogP contribution is -2.43. The summed E-state index contributed by atoms with van der Waals surface area (Å²) >= 11 is 0. The van der Waals surface area contributed by atoms with Crippen molar-refractivity contribution in [2.24, 2.45) is 0 Å². The van der Waals surface area contributed by atoms with Crippen LogP contribution in [-0.2, 0) is 10.2 Å². The fraction of sp³-hybridized carbons (Fsp3) is 0.417. The first-order valence-electron chi connectivity index (χ1n) is 5.73. The topological polar surface area (TPSA) is 77.9 Å². The van der Waals surface area contributed by atoms with E-state index in [2.05, 4.69) is 0 Å². The van der Waals surface area contributed by atoms with Gasteiger partial charge < -0.3 is 5.11 Å². The number of nitrogens with zero attached hydrogens (tertiary/aromatic N) is 2. The van der Waals surface area contributed by atoms with Crippen molar-refractivity contribution in [2.75, 3.05) is 18.4 Å². The summed E-state index contributed by atoms with van der Waals surface area (Å²) in [6.45, 7) is 3.55. The van der Waals surface area contributed by atoms with Crippen molar-refractivity contribution >= 4 is 21.9 Å². The maximum absolute atomic E-state index is 12.2. The molecule has 0 fully saturated rings. The van der Waals surface area contributed by atoms with Gasteiger partial charge in [0.25, 0.3) is 0 Å². The lowest BCUT2D eigenvalue weighted by Gasteiger charge is -2.28. The molecule has 0 heterocycles. The average Bonchev–Trinajstić information content (AvgIpc) is 2.36. The van der Waals surface area contributed by atoms with Gasteiger partial charge in [-0.15, -0.1) is 0 Å². The highest BCUT2D eigenvalue weighted by molar-refractivity contribution is 7.90. The second-order valence-electron chi connectivity index (χ2n) is 4.44. The van der Waals surface area contributed by atoms with Crippen LogP contribution in [0.1, 0.15) is 24.2 Å². The quantitative estimate of drug-likeness (QED) is 0.887. The summed E-state index contributed by atoms with van der Waals surface area (Å²) in [5.41, 5.74) is 0.532. The SMILES string of the molecule is CC(C)N(C)S(=O)(=O)N(C)c1ccc(C(=O)O)cc1. The Hall–Kier alpha value is -1.60. The van der Waals surface area contributed by atoms with Gasteiger partial charge in [0, 0.05) is 20.1 Å². The van der Waals surface area contributed by atoms with E-state index in [9.17, 15) is 13.2 Å². The highest BCUT2D eigenvalue weighted by atomic mass is 32.2. The third-order valence-electron chi connectivity index (χ3n) is 2.92. The van der Waals surface area contributed by atoms with E-state index in [0.717, 1.165) is 4.31 Å². The van der Waals surface area contributed by atoms with Gasteiger partial charge in [-0.25, -0.2) is 4.79 Å². The minimum atomic E-state index is -3.61. The van der Waals surface area contributed by atoms with Gasteiger partial charge in [0.2, 0.25) is 0 Å². The fourth-order valence-corrected chi connectivity index (χ4v) is 2.71. The van der Waals surface area contributed by atoms with Gasteiger partial charge in [0.05, 0.1) is 11.3 Å². The first-order valence-corrected chi connectivity index (χ1v) is 7.13. The Morgan fingerprint density at radius 2 is 1.63 bits per heavy atom. The van der Waals surface area contributed by atoms with E-state index >= 15 is 0 Å². The minimum Gasteiger partial charge on any atom is -0.478 e. The lowest BCUT2D eigenvalue weighted by molar-refractivity contribution is 0.0697. The first-order chi connectivity index (χ1) is 8.67. The van der Waals surface area contributed by atoms with Gasteiger partial charge in [-0.1, -0.05) is 0 Å². The molecule has 0 saturated heterocycles. The molecule has 0 spiro atoms. The molecule has 0 unspecified atom stereocenters. The minimum absolute atomic E-state index is 0.117. The predicted octanol–water partition coefficient (Wildman–Crippen LogP) is 1.41. The highest BCUT2D eigenvalue weighted by Gasteiger charge is 2.26. The fourth-order valence-electron chi connectivity index (χ4n) is 1.41. The third kappa shape index (κ3) is 3.24. The van der Waals surface area contributed by atoms with Crippen LogP contribution in [0.4, 0.5) is 5.69 Å². The second kappa shape index (κ2) is 5.58. The summed E-state index contributed by atoms with van der Waals surface area (Å²) in [7, 11) is -0.669. The second-order valence-corrected chi connectivity index (χ2v) is 6.46. The smallest absolute Gasteiger partial charge is 0.335 e. The first kappa shape index (κ1) is 15.5. The molecule has 0 radical (unpaired) electrons. The Balaban J connectivity index is 3.06. The number of aromatic carboxylic acids is 1. The number of anilines is 1. The molecular formula is C12H18N2O4S. The standard InChI is InChI=1S/C12H18N2O4S/c1-9(2)13(3)19(17,18)14(4)11-7-5-10(6-8-11)12(15)16/h5-9H,1-4H3,(H,15,16). The van der Waals surface area contributed by atoms with Gasteiger partial charge in [-0.3, -0.25) is 4.31 Å². The molecule has 0 atom stereocenters. The number of benzene rings is 1. The number of carboxylic acids is 1. The van der Waals surface area contributed by atoms with E-state index < -0.39 is 16.2 Å². The van der Waals surface area contributed by atoms with Crippen molar-refractivity contribution in [2.45, 2.75) is 19.9 Å². The van der Waals surface area contributed by atoms with Crippen LogP contribution in [0, 0.1) is 0 Å². The molecule has 6 nitrogen and oxygen atoms in total. The van der Waals surface area contributed by atoms with Crippen LogP contribution in [0.15, 0.2) is 24.3 Å². The van der Waals surface area contributed by atoms with Crippen molar-refractivity contribution in [1.29, 1.82) is 0 Å². The molecule has 0 saturated carbocycles. The van der Waals surface area contributed by atoms with Crippen LogP contribution in [0.25, 0.3) is 0 Å². The molecule has 0 bridgehead atoms. The lowest BCUT2D eigenvalue weighted by atomic mass is 10.2. The zero-order valence-electron chi connectivity index (χ0n) is 11.4. The molecule has 0 aliphatic rings. The Kier molecular flexibility index (Phi) is 4.54. The maximum Gasteiger partial charge on any atom is 0.335 e. The van der Waals surface area contributed by atoms with Crippen LogP contribution in [0.3, 0.4) is 0 Å². The summed E-state index contributed by atoms with van der Waals surface area (Å²) in [6.07, 6.45) is 0. The Bertz CT molecular complexity index is 552. The number of carbonyl (C=O) groups is 1. The van der Waals surface area contributed by atoms with Crippen LogP contribution in [0.5, 0.6) is 0 Å². The number of hydrogen-bond donors (Lipinski definition) is 1. The molecule has 1 aromatic rings. The number of rotatable bonds is 5. The molecule has 1 aromatic carbocycles. The molecule has 0 aliphatic carbocycles. The highest BCUT2D eigenvalue weighted by Crippen LogP contribution is 2.19. The molecule has 0 amide bonds. The van der Waals surface area contributed by atoms with Crippen molar-refractivity contribution in [1.82, 2.24) is 4.31 Å². The van der Waals surface area contributed by atoms with Crippen LogP contribution < -0.4 is 4.31 Å². The third-order valence-corrected chi connectivity index (χ3v) is 4.97.